The first-order chi connectivity index (χ1) is 8.52. The van der Waals surface area contributed by atoms with Crippen molar-refractivity contribution in [3.8, 4) is 0 Å². The number of rotatable bonds is 6. The topological polar surface area (TPSA) is 29.5 Å². The highest BCUT2D eigenvalue weighted by atomic mass is 79.9. The first kappa shape index (κ1) is 15.9. The number of halogens is 3. The van der Waals surface area contributed by atoms with Crippen LogP contribution >= 0.6 is 27.5 Å². The second-order valence-corrected chi connectivity index (χ2v) is 5.22. The summed E-state index contributed by atoms with van der Waals surface area (Å²) in [5.41, 5.74) is 0.176. The van der Waals surface area contributed by atoms with Gasteiger partial charge in [0.05, 0.1) is 11.1 Å². The van der Waals surface area contributed by atoms with Gasteiger partial charge in [-0.3, -0.25) is 0 Å². The lowest BCUT2D eigenvalue weighted by Crippen LogP contribution is -2.23. The van der Waals surface area contributed by atoms with Crippen LogP contribution in [0.25, 0.3) is 0 Å². The van der Waals surface area contributed by atoms with Gasteiger partial charge < -0.3 is 9.84 Å². The Morgan fingerprint density at radius 1 is 1.44 bits per heavy atom. The maximum Gasteiger partial charge on any atom is 0.148 e. The van der Waals surface area contributed by atoms with Gasteiger partial charge in [0.2, 0.25) is 0 Å². The van der Waals surface area contributed by atoms with Gasteiger partial charge in [-0.25, -0.2) is 4.39 Å². The highest BCUT2D eigenvalue weighted by Gasteiger charge is 2.25. The van der Waals surface area contributed by atoms with E-state index in [2.05, 4.69) is 15.9 Å². The Labute approximate surface area is 120 Å². The molecule has 1 N–H and O–H groups in total. The van der Waals surface area contributed by atoms with Crippen molar-refractivity contribution < 1.29 is 14.2 Å². The van der Waals surface area contributed by atoms with Crippen molar-refractivity contribution in [3.63, 3.8) is 0 Å². The van der Waals surface area contributed by atoms with Crippen molar-refractivity contribution in [2.24, 2.45) is 0 Å². The van der Waals surface area contributed by atoms with E-state index in [1.54, 1.807) is 6.07 Å². The molecule has 0 aliphatic rings. The zero-order valence-electron chi connectivity index (χ0n) is 10.4. The Morgan fingerprint density at radius 2 is 2.11 bits per heavy atom. The second kappa shape index (κ2) is 7.43. The third-order valence-corrected chi connectivity index (χ3v) is 3.95. The summed E-state index contributed by atoms with van der Waals surface area (Å²) >= 11 is 8.95. The van der Waals surface area contributed by atoms with Gasteiger partial charge >= 0.3 is 0 Å². The van der Waals surface area contributed by atoms with Crippen molar-refractivity contribution in [2.45, 2.75) is 38.9 Å². The number of aliphatic hydroxyl groups excluding tert-OH is 1. The van der Waals surface area contributed by atoms with Crippen molar-refractivity contribution in [2.75, 3.05) is 6.61 Å². The Bertz CT molecular complexity index is 395. The molecule has 0 bridgehead atoms. The van der Waals surface area contributed by atoms with Crippen LogP contribution in [-0.2, 0) is 4.74 Å². The van der Waals surface area contributed by atoms with E-state index >= 15 is 0 Å². The standard InChI is InChI=1S/C13H17BrClFO2/c1-3-5-10(18-4-2)13(17)8-6-7-9(14)11(15)12(8)16/h6-7,10,13,17H,3-5H2,1-2H3. The van der Waals surface area contributed by atoms with Crippen LogP contribution < -0.4 is 0 Å². The molecule has 1 aromatic carbocycles. The van der Waals surface area contributed by atoms with Crippen LogP contribution in [0.2, 0.25) is 5.02 Å². The summed E-state index contributed by atoms with van der Waals surface area (Å²) < 4.78 is 19.9. The number of benzene rings is 1. The number of hydrogen-bond acceptors (Lipinski definition) is 2. The molecule has 2 atom stereocenters. The van der Waals surface area contributed by atoms with Crippen molar-refractivity contribution in [3.05, 3.63) is 33.0 Å². The van der Waals surface area contributed by atoms with Crippen LogP contribution in [0.15, 0.2) is 16.6 Å². The fourth-order valence-electron chi connectivity index (χ4n) is 1.80. The molecule has 0 fully saturated rings. The second-order valence-electron chi connectivity index (χ2n) is 3.99. The zero-order valence-corrected chi connectivity index (χ0v) is 12.8. The predicted molar refractivity (Wildman–Crippen MR) is 74.4 cm³/mol. The average Bonchev–Trinajstić information content (AvgIpc) is 2.35. The normalized spacial score (nSPS) is 14.6. The maximum absolute atomic E-state index is 14.0. The molecule has 1 aromatic rings. The van der Waals surface area contributed by atoms with E-state index in [4.69, 9.17) is 16.3 Å². The maximum atomic E-state index is 14.0. The summed E-state index contributed by atoms with van der Waals surface area (Å²) in [5, 5.41) is 10.2. The molecule has 5 heteroatoms. The molecule has 0 radical (unpaired) electrons. The molecule has 0 heterocycles. The largest absolute Gasteiger partial charge is 0.386 e. The fourth-order valence-corrected chi connectivity index (χ4v) is 2.28. The Morgan fingerprint density at radius 3 is 2.67 bits per heavy atom. The van der Waals surface area contributed by atoms with Crippen molar-refractivity contribution in [1.82, 2.24) is 0 Å². The van der Waals surface area contributed by atoms with Crippen LogP contribution in [-0.4, -0.2) is 17.8 Å². The van der Waals surface area contributed by atoms with Gasteiger partial charge in [0.1, 0.15) is 11.9 Å². The first-order valence-electron chi connectivity index (χ1n) is 5.95. The number of hydrogen-bond donors (Lipinski definition) is 1. The zero-order chi connectivity index (χ0) is 13.7. The smallest absolute Gasteiger partial charge is 0.148 e. The lowest BCUT2D eigenvalue weighted by molar-refractivity contribution is -0.0398. The molecule has 18 heavy (non-hydrogen) atoms. The minimum atomic E-state index is -1.00. The molecule has 0 aliphatic carbocycles. The SMILES string of the molecule is CCCC(OCC)C(O)c1ccc(Br)c(Cl)c1F. The van der Waals surface area contributed by atoms with E-state index in [1.807, 2.05) is 13.8 Å². The lowest BCUT2D eigenvalue weighted by atomic mass is 10.0. The summed E-state index contributed by atoms with van der Waals surface area (Å²) in [5.74, 6) is -0.598. The van der Waals surface area contributed by atoms with Gasteiger partial charge in [0.25, 0.3) is 0 Å². The quantitative estimate of drug-likeness (QED) is 0.774. The fraction of sp³-hybridized carbons (Fsp3) is 0.538. The first-order valence-corrected chi connectivity index (χ1v) is 7.13. The van der Waals surface area contributed by atoms with Crippen LogP contribution in [0.5, 0.6) is 0 Å². The van der Waals surface area contributed by atoms with Crippen LogP contribution in [0.3, 0.4) is 0 Å². The molecule has 0 saturated carbocycles. The molecule has 0 saturated heterocycles. The summed E-state index contributed by atoms with van der Waals surface area (Å²) in [4.78, 5) is 0. The molecule has 0 aliphatic heterocycles. The third-order valence-electron chi connectivity index (χ3n) is 2.69. The van der Waals surface area contributed by atoms with Gasteiger partial charge in [-0.05, 0) is 35.3 Å². The Hall–Kier alpha value is -0.160. The summed E-state index contributed by atoms with van der Waals surface area (Å²) in [6, 6.07) is 3.15. The van der Waals surface area contributed by atoms with Crippen LogP contribution in [0.4, 0.5) is 4.39 Å². The third kappa shape index (κ3) is 3.67. The van der Waals surface area contributed by atoms with E-state index in [0.717, 1.165) is 6.42 Å². The van der Waals surface area contributed by atoms with Gasteiger partial charge in [-0.15, -0.1) is 0 Å². The molecule has 2 nitrogen and oxygen atoms in total. The van der Waals surface area contributed by atoms with E-state index in [-0.39, 0.29) is 10.6 Å². The highest BCUT2D eigenvalue weighted by Crippen LogP contribution is 2.32. The molecule has 0 spiro atoms. The Balaban J connectivity index is 3.00. The monoisotopic (exact) mass is 338 g/mol. The summed E-state index contributed by atoms with van der Waals surface area (Å²) in [6.07, 6.45) is 0.109. The summed E-state index contributed by atoms with van der Waals surface area (Å²) in [7, 11) is 0. The Kier molecular flexibility index (Phi) is 6.57. The number of ether oxygens (including phenoxy) is 1. The lowest BCUT2D eigenvalue weighted by Gasteiger charge is -2.23. The molecule has 2 unspecified atom stereocenters. The van der Waals surface area contributed by atoms with Gasteiger partial charge in [0.15, 0.2) is 0 Å². The van der Waals surface area contributed by atoms with Crippen molar-refractivity contribution >= 4 is 27.5 Å². The number of aliphatic hydroxyl groups is 1. The highest BCUT2D eigenvalue weighted by molar-refractivity contribution is 9.10. The minimum Gasteiger partial charge on any atom is -0.386 e. The van der Waals surface area contributed by atoms with Gasteiger partial charge in [-0.1, -0.05) is 31.0 Å². The van der Waals surface area contributed by atoms with Crippen LogP contribution in [0.1, 0.15) is 38.4 Å². The minimum absolute atomic E-state index is 0.0155. The molecular weight excluding hydrogens is 322 g/mol. The molecule has 102 valence electrons. The molecule has 1 rings (SSSR count). The van der Waals surface area contributed by atoms with E-state index in [1.165, 1.54) is 6.07 Å². The van der Waals surface area contributed by atoms with Crippen LogP contribution in [0, 0.1) is 5.82 Å². The molecular formula is C13H17BrClFO2. The van der Waals surface area contributed by atoms with E-state index in [9.17, 15) is 9.50 Å². The van der Waals surface area contributed by atoms with Gasteiger partial charge in [0, 0.05) is 16.6 Å². The van der Waals surface area contributed by atoms with Gasteiger partial charge in [-0.2, -0.15) is 0 Å². The average molecular weight is 340 g/mol. The molecule has 0 aromatic heterocycles. The summed E-state index contributed by atoms with van der Waals surface area (Å²) in [6.45, 7) is 4.32. The predicted octanol–water partition coefficient (Wildman–Crippen LogP) is 4.48. The van der Waals surface area contributed by atoms with Crippen molar-refractivity contribution in [1.29, 1.82) is 0 Å². The van der Waals surface area contributed by atoms with E-state index < -0.39 is 18.0 Å². The van der Waals surface area contributed by atoms with E-state index in [0.29, 0.717) is 17.5 Å². The molecule has 0 amide bonds.